The van der Waals surface area contributed by atoms with E-state index in [-0.39, 0.29) is 34.9 Å². The van der Waals surface area contributed by atoms with Gasteiger partial charge in [-0.3, -0.25) is 24.9 Å². The van der Waals surface area contributed by atoms with Crippen molar-refractivity contribution < 1.29 is 4.79 Å². The van der Waals surface area contributed by atoms with Gasteiger partial charge in [-0.05, 0) is 12.8 Å². The average Bonchev–Trinajstić information content (AvgIpc) is 2.27. The van der Waals surface area contributed by atoms with E-state index in [0.717, 1.165) is 0 Å². The zero-order valence-corrected chi connectivity index (χ0v) is 11.9. The predicted molar refractivity (Wildman–Crippen MR) is 76.1 cm³/mol. The minimum atomic E-state index is -0.358. The number of anilines is 1. The van der Waals surface area contributed by atoms with Gasteiger partial charge in [0.2, 0.25) is 11.9 Å². The lowest BCUT2D eigenvalue weighted by molar-refractivity contribution is -0.118. The number of amides is 1. The molecule has 0 saturated carbocycles. The number of nitrogens with one attached hydrogen (secondary N) is 2. The van der Waals surface area contributed by atoms with Crippen molar-refractivity contribution in [2.45, 2.75) is 34.6 Å². The molecule has 1 heterocycles. The Labute approximate surface area is 112 Å². The van der Waals surface area contributed by atoms with Crippen LogP contribution in [0.5, 0.6) is 0 Å². The van der Waals surface area contributed by atoms with Crippen molar-refractivity contribution in [1.29, 1.82) is 0 Å². The highest BCUT2D eigenvalue weighted by atomic mass is 16.2. The lowest BCUT2D eigenvalue weighted by Gasteiger charge is -2.08. The van der Waals surface area contributed by atoms with Crippen LogP contribution < -0.4 is 10.9 Å². The summed E-state index contributed by atoms with van der Waals surface area (Å²) in [6.45, 7) is 9.16. The van der Waals surface area contributed by atoms with Crippen LogP contribution in [0.25, 0.3) is 0 Å². The monoisotopic (exact) mass is 264 g/mol. The molecule has 0 spiro atoms. The number of carbonyl (C=O) groups excluding carboxylic acids is 1. The average molecular weight is 264 g/mol. The van der Waals surface area contributed by atoms with Crippen LogP contribution in [0.4, 0.5) is 11.6 Å². The molecule has 1 aromatic rings. The zero-order valence-electron chi connectivity index (χ0n) is 11.9. The van der Waals surface area contributed by atoms with Crippen molar-refractivity contribution in [3.05, 3.63) is 16.0 Å². The Balaban J connectivity index is 3.04. The normalized spacial score (nSPS) is 11.5. The van der Waals surface area contributed by atoms with Crippen LogP contribution in [-0.4, -0.2) is 22.1 Å². The van der Waals surface area contributed by atoms with Crippen LogP contribution in [0.15, 0.2) is 9.79 Å². The summed E-state index contributed by atoms with van der Waals surface area (Å²) in [4.78, 5) is 34.2. The van der Waals surface area contributed by atoms with Gasteiger partial charge >= 0.3 is 0 Å². The highest BCUT2D eigenvalue weighted by molar-refractivity contribution is 5.90. The quantitative estimate of drug-likeness (QED) is 0.816. The Morgan fingerprint density at radius 3 is 2.47 bits per heavy atom. The number of H-pyrrole nitrogens is 1. The van der Waals surface area contributed by atoms with E-state index >= 15 is 0 Å². The van der Waals surface area contributed by atoms with E-state index in [2.05, 4.69) is 20.3 Å². The van der Waals surface area contributed by atoms with E-state index in [0.29, 0.717) is 5.69 Å². The van der Waals surface area contributed by atoms with Gasteiger partial charge in [0, 0.05) is 12.1 Å². The molecule has 104 valence electrons. The molecule has 0 aliphatic carbocycles. The minimum absolute atomic E-state index is 0.157. The molecule has 6 heteroatoms. The first-order valence-electron chi connectivity index (χ1n) is 6.27. The van der Waals surface area contributed by atoms with Crippen molar-refractivity contribution in [1.82, 2.24) is 9.97 Å². The van der Waals surface area contributed by atoms with E-state index in [1.54, 1.807) is 27.0 Å². The number of aliphatic imine (C=N–C) groups is 1. The van der Waals surface area contributed by atoms with Gasteiger partial charge in [0.1, 0.15) is 5.69 Å². The van der Waals surface area contributed by atoms with Crippen LogP contribution in [0, 0.1) is 18.8 Å². The van der Waals surface area contributed by atoms with Crippen molar-refractivity contribution in [3.63, 3.8) is 0 Å². The van der Waals surface area contributed by atoms with E-state index < -0.39 is 0 Å². The molecule has 6 nitrogen and oxygen atoms in total. The largest absolute Gasteiger partial charge is 0.296 e. The molecule has 0 aliphatic rings. The fraction of sp³-hybridized carbons (Fsp3) is 0.538. The molecule has 0 bridgehead atoms. The third-order valence-corrected chi connectivity index (χ3v) is 2.34. The molecule has 19 heavy (non-hydrogen) atoms. The number of aromatic nitrogens is 2. The van der Waals surface area contributed by atoms with Crippen molar-refractivity contribution >= 4 is 23.8 Å². The number of aromatic amines is 1. The van der Waals surface area contributed by atoms with Crippen LogP contribution in [0.2, 0.25) is 0 Å². The summed E-state index contributed by atoms with van der Waals surface area (Å²) in [7, 11) is 0. The summed E-state index contributed by atoms with van der Waals surface area (Å²) in [6, 6.07) is 0. The van der Waals surface area contributed by atoms with E-state index in [1.165, 1.54) is 0 Å². The minimum Gasteiger partial charge on any atom is -0.296 e. The molecule has 0 unspecified atom stereocenters. The predicted octanol–water partition coefficient (Wildman–Crippen LogP) is 2.03. The molecule has 1 aromatic heterocycles. The maximum Gasteiger partial charge on any atom is 0.278 e. The second-order valence-corrected chi connectivity index (χ2v) is 5.01. The SMILES string of the molecule is Cc1nc(NC(=O)C(C)C)[nH]c(=O)c1/N=C\C(C)C. The molecule has 0 radical (unpaired) electrons. The molecule has 2 N–H and O–H groups in total. The molecule has 0 atom stereocenters. The van der Waals surface area contributed by atoms with Crippen LogP contribution in [0.3, 0.4) is 0 Å². The molecule has 1 rings (SSSR count). The summed E-state index contributed by atoms with van der Waals surface area (Å²) in [5, 5.41) is 2.56. The summed E-state index contributed by atoms with van der Waals surface area (Å²) < 4.78 is 0. The summed E-state index contributed by atoms with van der Waals surface area (Å²) in [6.07, 6.45) is 1.69. The Kier molecular flexibility index (Phi) is 4.97. The van der Waals surface area contributed by atoms with Gasteiger partial charge < -0.3 is 0 Å². The summed E-state index contributed by atoms with van der Waals surface area (Å²) in [5.74, 6) is 0.0362. The van der Waals surface area contributed by atoms with E-state index in [9.17, 15) is 9.59 Å². The van der Waals surface area contributed by atoms with Gasteiger partial charge in [0.05, 0.1) is 5.69 Å². The standard InChI is InChI=1S/C13H20N4O2/c1-7(2)6-14-10-9(5)15-13(17-12(10)19)16-11(18)8(3)4/h6-8H,1-5H3,(H2,15,16,17,18,19)/b14-6-. The van der Waals surface area contributed by atoms with Crippen molar-refractivity contribution in [2.75, 3.05) is 5.32 Å². The van der Waals surface area contributed by atoms with Crippen LogP contribution in [0.1, 0.15) is 33.4 Å². The van der Waals surface area contributed by atoms with Gasteiger partial charge in [-0.25, -0.2) is 4.98 Å². The lowest BCUT2D eigenvalue weighted by atomic mass is 10.2. The first-order chi connectivity index (χ1) is 8.81. The lowest BCUT2D eigenvalue weighted by Crippen LogP contribution is -2.22. The summed E-state index contributed by atoms with van der Waals surface area (Å²) >= 11 is 0. The summed E-state index contributed by atoms with van der Waals surface area (Å²) in [5.41, 5.74) is 0.402. The van der Waals surface area contributed by atoms with Crippen LogP contribution >= 0.6 is 0 Å². The molecular formula is C13H20N4O2. The number of carbonyl (C=O) groups is 1. The van der Waals surface area contributed by atoms with E-state index in [1.807, 2.05) is 13.8 Å². The first kappa shape index (κ1) is 15.1. The topological polar surface area (TPSA) is 87.2 Å². The Bertz CT molecular complexity index is 544. The Morgan fingerprint density at radius 1 is 1.37 bits per heavy atom. The Morgan fingerprint density at radius 2 is 2.00 bits per heavy atom. The highest BCUT2D eigenvalue weighted by Gasteiger charge is 2.11. The molecule has 0 fully saturated rings. The number of rotatable bonds is 4. The number of hydrogen-bond donors (Lipinski definition) is 2. The number of nitrogens with zero attached hydrogens (tertiary/aromatic N) is 2. The van der Waals surface area contributed by atoms with Gasteiger partial charge in [-0.1, -0.05) is 27.7 Å². The maximum absolute atomic E-state index is 11.9. The van der Waals surface area contributed by atoms with Gasteiger partial charge in [0.15, 0.2) is 0 Å². The molecule has 0 aromatic carbocycles. The maximum atomic E-state index is 11.9. The third kappa shape index (κ3) is 4.31. The molecule has 0 saturated heterocycles. The smallest absolute Gasteiger partial charge is 0.278 e. The number of aryl methyl sites for hydroxylation is 1. The van der Waals surface area contributed by atoms with Gasteiger partial charge in [-0.15, -0.1) is 0 Å². The fourth-order valence-electron chi connectivity index (χ4n) is 1.28. The van der Waals surface area contributed by atoms with Gasteiger partial charge in [0.25, 0.3) is 5.56 Å². The second-order valence-electron chi connectivity index (χ2n) is 5.01. The molecular weight excluding hydrogens is 244 g/mol. The first-order valence-corrected chi connectivity index (χ1v) is 6.27. The molecule has 0 aliphatic heterocycles. The Hall–Kier alpha value is -1.98. The van der Waals surface area contributed by atoms with Crippen molar-refractivity contribution in [3.8, 4) is 0 Å². The van der Waals surface area contributed by atoms with E-state index in [4.69, 9.17) is 0 Å². The fourth-order valence-corrected chi connectivity index (χ4v) is 1.28. The third-order valence-electron chi connectivity index (χ3n) is 2.34. The molecule has 1 amide bonds. The van der Waals surface area contributed by atoms with Crippen LogP contribution in [-0.2, 0) is 4.79 Å². The zero-order chi connectivity index (χ0) is 14.6. The van der Waals surface area contributed by atoms with Crippen molar-refractivity contribution in [2.24, 2.45) is 16.8 Å². The second kappa shape index (κ2) is 6.26. The highest BCUT2D eigenvalue weighted by Crippen LogP contribution is 2.12. The van der Waals surface area contributed by atoms with Gasteiger partial charge in [-0.2, -0.15) is 0 Å². The number of hydrogen-bond acceptors (Lipinski definition) is 4.